The summed E-state index contributed by atoms with van der Waals surface area (Å²) in [5, 5.41) is 0. The van der Waals surface area contributed by atoms with Gasteiger partial charge in [0.1, 0.15) is 28.2 Å². The quantitative estimate of drug-likeness (QED) is 0.318. The summed E-state index contributed by atoms with van der Waals surface area (Å²) in [6.45, 7) is 22.9. The Labute approximate surface area is 231 Å². The van der Waals surface area contributed by atoms with Crippen LogP contribution in [-0.2, 0) is 0 Å². The lowest BCUT2D eigenvalue weighted by molar-refractivity contribution is 0.102. The fourth-order valence-corrected chi connectivity index (χ4v) is 3.38. The zero-order chi connectivity index (χ0) is 29.4. The smallest absolute Gasteiger partial charge is 0.320 e. The predicted molar refractivity (Wildman–Crippen MR) is 150 cm³/mol. The van der Waals surface area contributed by atoms with Crippen LogP contribution in [0.3, 0.4) is 0 Å². The van der Waals surface area contributed by atoms with E-state index in [1.165, 1.54) is 12.1 Å². The summed E-state index contributed by atoms with van der Waals surface area (Å²) in [6.07, 6.45) is 3.16. The number of aromatic nitrogens is 4. The van der Waals surface area contributed by atoms with Crippen LogP contribution in [0.5, 0.6) is 23.8 Å². The molecule has 39 heavy (non-hydrogen) atoms. The van der Waals surface area contributed by atoms with E-state index in [4.69, 9.17) is 18.9 Å². The van der Waals surface area contributed by atoms with E-state index < -0.39 is 28.2 Å². The third-order valence-corrected chi connectivity index (χ3v) is 4.58. The van der Waals surface area contributed by atoms with Gasteiger partial charge in [-0.25, -0.2) is 14.4 Å². The van der Waals surface area contributed by atoms with E-state index in [2.05, 4.69) is 19.9 Å². The lowest BCUT2D eigenvalue weighted by atomic mass is 10.0. The molecule has 3 aromatic rings. The van der Waals surface area contributed by atoms with Crippen molar-refractivity contribution < 1.29 is 23.3 Å². The second-order valence-corrected chi connectivity index (χ2v) is 13.3. The molecule has 0 spiro atoms. The standard InChI is InChI=1S/C30H41FN4O4/c1-27(2,3)36-23-21(16-32-25(34-23)38-29(7,8)9)18-13-19(15-20(31)14-18)22-17-33-26(39-30(10,11)12)35-24(22)37-28(4,5)6/h13-17H,1-12H3. The molecule has 0 N–H and O–H groups in total. The molecule has 0 aliphatic rings. The second-order valence-electron chi connectivity index (χ2n) is 13.3. The topological polar surface area (TPSA) is 88.5 Å². The van der Waals surface area contributed by atoms with Gasteiger partial charge in [-0.2, -0.15) is 9.97 Å². The molecule has 0 saturated carbocycles. The van der Waals surface area contributed by atoms with Crippen LogP contribution in [0, 0.1) is 5.82 Å². The van der Waals surface area contributed by atoms with E-state index in [9.17, 15) is 0 Å². The Morgan fingerprint density at radius 2 is 0.846 bits per heavy atom. The predicted octanol–water partition coefficient (Wildman–Crippen LogP) is 7.45. The van der Waals surface area contributed by atoms with Crippen LogP contribution in [0.4, 0.5) is 4.39 Å². The molecule has 0 saturated heterocycles. The molecule has 212 valence electrons. The Balaban J connectivity index is 2.16. The number of ether oxygens (including phenoxy) is 4. The van der Waals surface area contributed by atoms with Gasteiger partial charge in [0.05, 0.1) is 11.1 Å². The van der Waals surface area contributed by atoms with Crippen molar-refractivity contribution >= 4 is 0 Å². The molecule has 3 rings (SSSR count). The van der Waals surface area contributed by atoms with Gasteiger partial charge in [0, 0.05) is 12.4 Å². The number of nitrogens with zero attached hydrogens (tertiary/aromatic N) is 4. The number of rotatable bonds is 6. The molecule has 8 nitrogen and oxygen atoms in total. The molecule has 0 aliphatic heterocycles. The van der Waals surface area contributed by atoms with Crippen molar-refractivity contribution in [2.45, 2.75) is 105 Å². The Hall–Kier alpha value is -3.49. The molecular formula is C30H41FN4O4. The van der Waals surface area contributed by atoms with Crippen molar-refractivity contribution in [2.75, 3.05) is 0 Å². The minimum Gasteiger partial charge on any atom is -0.471 e. The maximum atomic E-state index is 15.1. The van der Waals surface area contributed by atoms with Gasteiger partial charge in [-0.3, -0.25) is 0 Å². The van der Waals surface area contributed by atoms with Gasteiger partial charge in [0.2, 0.25) is 11.8 Å². The minimum atomic E-state index is -0.567. The Kier molecular flexibility index (Phi) is 8.16. The SMILES string of the molecule is CC(C)(C)Oc1ncc(-c2cc(F)cc(-c3cnc(OC(C)(C)C)nc3OC(C)(C)C)c2)c(OC(C)(C)C)n1. The molecule has 0 radical (unpaired) electrons. The van der Waals surface area contributed by atoms with Gasteiger partial charge in [-0.1, -0.05) is 0 Å². The maximum absolute atomic E-state index is 15.1. The van der Waals surface area contributed by atoms with Gasteiger partial charge in [-0.15, -0.1) is 0 Å². The number of hydrogen-bond acceptors (Lipinski definition) is 8. The average molecular weight is 541 g/mol. The summed E-state index contributed by atoms with van der Waals surface area (Å²) in [7, 11) is 0. The highest BCUT2D eigenvalue weighted by Crippen LogP contribution is 2.38. The van der Waals surface area contributed by atoms with Gasteiger partial charge in [0.25, 0.3) is 0 Å². The summed E-state index contributed by atoms with van der Waals surface area (Å²) in [4.78, 5) is 17.8. The molecule has 2 heterocycles. The largest absolute Gasteiger partial charge is 0.471 e. The van der Waals surface area contributed by atoms with Gasteiger partial charge in [-0.05, 0) is 112 Å². The lowest BCUT2D eigenvalue weighted by Crippen LogP contribution is -2.26. The van der Waals surface area contributed by atoms with E-state index >= 15 is 4.39 Å². The van der Waals surface area contributed by atoms with Crippen molar-refractivity contribution in [3.8, 4) is 46.0 Å². The normalized spacial score (nSPS) is 12.7. The van der Waals surface area contributed by atoms with E-state index in [-0.39, 0.29) is 23.8 Å². The van der Waals surface area contributed by atoms with E-state index in [0.29, 0.717) is 22.3 Å². The minimum absolute atomic E-state index is 0.172. The second kappa shape index (κ2) is 10.6. The number of halogens is 1. The summed E-state index contributed by atoms with van der Waals surface area (Å²) < 4.78 is 39.2. The first kappa shape index (κ1) is 30.1. The molecule has 0 aliphatic carbocycles. The van der Waals surface area contributed by atoms with Crippen LogP contribution in [0.1, 0.15) is 83.1 Å². The van der Waals surface area contributed by atoms with E-state index in [1.807, 2.05) is 83.1 Å². The average Bonchev–Trinajstić information content (AvgIpc) is 2.69. The first-order valence-corrected chi connectivity index (χ1v) is 13.0. The third kappa shape index (κ3) is 9.33. The summed E-state index contributed by atoms with van der Waals surface area (Å²) in [6, 6.07) is 4.96. The number of hydrogen-bond donors (Lipinski definition) is 0. The zero-order valence-electron chi connectivity index (χ0n) is 25.2. The number of benzene rings is 1. The Bertz CT molecular complexity index is 1220. The van der Waals surface area contributed by atoms with Gasteiger partial charge in [0.15, 0.2) is 0 Å². The Morgan fingerprint density at radius 3 is 1.15 bits per heavy atom. The molecule has 9 heteroatoms. The molecule has 0 atom stereocenters. The van der Waals surface area contributed by atoms with Crippen LogP contribution in [0.2, 0.25) is 0 Å². The van der Waals surface area contributed by atoms with E-state index in [0.717, 1.165) is 0 Å². The zero-order valence-corrected chi connectivity index (χ0v) is 25.2. The maximum Gasteiger partial charge on any atom is 0.320 e. The van der Waals surface area contributed by atoms with Crippen molar-refractivity contribution in [1.82, 2.24) is 19.9 Å². The van der Waals surface area contributed by atoms with Crippen LogP contribution >= 0.6 is 0 Å². The molecule has 0 amide bonds. The van der Waals surface area contributed by atoms with Crippen LogP contribution < -0.4 is 18.9 Å². The molecule has 1 aromatic carbocycles. The third-order valence-electron chi connectivity index (χ3n) is 4.58. The Morgan fingerprint density at radius 1 is 0.513 bits per heavy atom. The fraction of sp³-hybridized carbons (Fsp3) is 0.533. The van der Waals surface area contributed by atoms with Crippen LogP contribution in [0.25, 0.3) is 22.3 Å². The summed E-state index contributed by atoms with van der Waals surface area (Å²) in [5.41, 5.74) is -0.0763. The molecular weight excluding hydrogens is 499 g/mol. The molecule has 0 unspecified atom stereocenters. The van der Waals surface area contributed by atoms with Gasteiger partial charge < -0.3 is 18.9 Å². The molecule has 2 aromatic heterocycles. The van der Waals surface area contributed by atoms with E-state index in [1.54, 1.807) is 18.5 Å². The first-order valence-electron chi connectivity index (χ1n) is 13.0. The summed E-state index contributed by atoms with van der Waals surface area (Å²) in [5.74, 6) is 0.102. The first-order chi connectivity index (χ1) is 17.7. The lowest BCUT2D eigenvalue weighted by Gasteiger charge is -2.25. The molecule has 0 fully saturated rings. The van der Waals surface area contributed by atoms with Crippen LogP contribution in [0.15, 0.2) is 30.6 Å². The fourth-order valence-electron chi connectivity index (χ4n) is 3.38. The van der Waals surface area contributed by atoms with Crippen molar-refractivity contribution in [2.24, 2.45) is 0 Å². The van der Waals surface area contributed by atoms with Crippen molar-refractivity contribution in [1.29, 1.82) is 0 Å². The van der Waals surface area contributed by atoms with Crippen molar-refractivity contribution in [3.63, 3.8) is 0 Å². The van der Waals surface area contributed by atoms with Crippen LogP contribution in [-0.4, -0.2) is 42.3 Å². The highest BCUT2D eigenvalue weighted by molar-refractivity contribution is 5.77. The van der Waals surface area contributed by atoms with Crippen molar-refractivity contribution in [3.05, 3.63) is 36.4 Å². The summed E-state index contributed by atoms with van der Waals surface area (Å²) >= 11 is 0. The van der Waals surface area contributed by atoms with Gasteiger partial charge >= 0.3 is 12.0 Å². The highest BCUT2D eigenvalue weighted by Gasteiger charge is 2.24. The highest BCUT2D eigenvalue weighted by atomic mass is 19.1. The monoisotopic (exact) mass is 540 g/mol. The molecule has 0 bridgehead atoms.